The summed E-state index contributed by atoms with van der Waals surface area (Å²) < 4.78 is 5.80. The van der Waals surface area contributed by atoms with Gasteiger partial charge in [-0.1, -0.05) is 0 Å². The Labute approximate surface area is 181 Å². The zero-order valence-electron chi connectivity index (χ0n) is 17.8. The Kier molecular flexibility index (Phi) is 5.88. The smallest absolute Gasteiger partial charge is 0.154 e. The molecule has 3 aromatic heterocycles. The average Bonchev–Trinajstić information content (AvgIpc) is 2.83. The minimum Gasteiger partial charge on any atom is -0.374 e. The van der Waals surface area contributed by atoms with Gasteiger partial charge in [0, 0.05) is 70.0 Å². The highest BCUT2D eigenvalue weighted by Gasteiger charge is 2.17. The van der Waals surface area contributed by atoms with Crippen LogP contribution in [-0.4, -0.2) is 90.4 Å². The second-order valence-electron chi connectivity index (χ2n) is 8.05. The monoisotopic (exact) mass is 420 g/mol. The molecule has 1 unspecified atom stereocenters. The first-order valence-corrected chi connectivity index (χ1v) is 10.8. The predicted octanol–water partition coefficient (Wildman–Crippen LogP) is 1.24. The van der Waals surface area contributed by atoms with E-state index >= 15 is 0 Å². The van der Waals surface area contributed by atoms with Crippen molar-refractivity contribution >= 4 is 22.7 Å². The third-order valence-electron chi connectivity index (χ3n) is 5.83. The lowest BCUT2D eigenvalue weighted by Gasteiger charge is -2.33. The van der Waals surface area contributed by atoms with Crippen molar-refractivity contribution in [2.24, 2.45) is 0 Å². The lowest BCUT2D eigenvalue weighted by molar-refractivity contribution is 0.0372. The molecule has 0 aliphatic carbocycles. The van der Waals surface area contributed by atoms with E-state index in [4.69, 9.17) is 14.7 Å². The molecular weight excluding hydrogens is 392 g/mol. The van der Waals surface area contributed by atoms with E-state index in [2.05, 4.69) is 49.6 Å². The molecule has 0 saturated carbocycles. The summed E-state index contributed by atoms with van der Waals surface area (Å²) in [6, 6.07) is 6.14. The van der Waals surface area contributed by atoms with Gasteiger partial charge in [0.15, 0.2) is 5.82 Å². The molecule has 0 bridgehead atoms. The normalized spacial score (nSPS) is 20.2. The van der Waals surface area contributed by atoms with Gasteiger partial charge >= 0.3 is 0 Å². The first-order valence-electron chi connectivity index (χ1n) is 10.8. The summed E-state index contributed by atoms with van der Waals surface area (Å²) in [5.41, 5.74) is 3.36. The minimum atomic E-state index is 0.107. The van der Waals surface area contributed by atoms with Crippen LogP contribution in [0.3, 0.4) is 0 Å². The van der Waals surface area contributed by atoms with E-state index in [0.29, 0.717) is 6.54 Å². The van der Waals surface area contributed by atoms with Crippen molar-refractivity contribution in [3.63, 3.8) is 0 Å². The molecule has 0 amide bonds. The molecule has 31 heavy (non-hydrogen) atoms. The molecule has 2 fully saturated rings. The SMILES string of the molecule is CN1CCN(c2ccc(-c3cc4nccnc4c(NCC4CNCCO4)n3)cn2)CC1. The molecule has 2 saturated heterocycles. The number of aromatic nitrogens is 4. The van der Waals surface area contributed by atoms with Crippen molar-refractivity contribution in [2.45, 2.75) is 6.10 Å². The Morgan fingerprint density at radius 1 is 1.13 bits per heavy atom. The Balaban J connectivity index is 1.39. The fourth-order valence-electron chi connectivity index (χ4n) is 3.96. The molecule has 2 aliphatic heterocycles. The number of nitrogens with one attached hydrogen (secondary N) is 2. The van der Waals surface area contributed by atoms with Gasteiger partial charge in [-0.15, -0.1) is 0 Å². The molecule has 5 rings (SSSR count). The van der Waals surface area contributed by atoms with Gasteiger partial charge in [-0.3, -0.25) is 4.98 Å². The van der Waals surface area contributed by atoms with Gasteiger partial charge in [0.2, 0.25) is 0 Å². The van der Waals surface area contributed by atoms with Gasteiger partial charge in [0.05, 0.1) is 23.9 Å². The number of likely N-dealkylation sites (N-methyl/N-ethyl adjacent to an activating group) is 1. The highest BCUT2D eigenvalue weighted by atomic mass is 16.5. The zero-order valence-corrected chi connectivity index (χ0v) is 17.8. The minimum absolute atomic E-state index is 0.107. The Morgan fingerprint density at radius 2 is 2.00 bits per heavy atom. The third-order valence-corrected chi connectivity index (χ3v) is 5.83. The van der Waals surface area contributed by atoms with Gasteiger partial charge in [-0.2, -0.15) is 0 Å². The molecular formula is C22H28N8O. The van der Waals surface area contributed by atoms with Crippen molar-refractivity contribution in [2.75, 3.05) is 69.7 Å². The molecule has 9 heteroatoms. The Hall–Kier alpha value is -2.88. The van der Waals surface area contributed by atoms with Crippen LogP contribution < -0.4 is 15.5 Å². The van der Waals surface area contributed by atoms with Crippen LogP contribution >= 0.6 is 0 Å². The van der Waals surface area contributed by atoms with Crippen LogP contribution in [0, 0.1) is 0 Å². The van der Waals surface area contributed by atoms with Crippen LogP contribution in [0.15, 0.2) is 36.8 Å². The summed E-state index contributed by atoms with van der Waals surface area (Å²) in [5, 5.41) is 6.77. The number of hydrogen-bond acceptors (Lipinski definition) is 9. The van der Waals surface area contributed by atoms with Crippen LogP contribution in [-0.2, 0) is 4.74 Å². The standard InChI is InChI=1S/C22H28N8O/c1-29-7-9-30(10-8-29)20-3-2-16(13-26-20)18-12-19-21(25-5-4-24-19)22(28-18)27-15-17-14-23-6-11-31-17/h2-5,12-13,17,23H,6-11,14-15H2,1H3,(H,27,28). The maximum atomic E-state index is 5.80. The first kappa shape index (κ1) is 20.0. The van der Waals surface area contributed by atoms with E-state index in [1.54, 1.807) is 12.4 Å². The highest BCUT2D eigenvalue weighted by Crippen LogP contribution is 2.26. The van der Waals surface area contributed by atoms with Crippen LogP contribution in [0.5, 0.6) is 0 Å². The Morgan fingerprint density at radius 3 is 2.77 bits per heavy atom. The maximum Gasteiger partial charge on any atom is 0.154 e. The predicted molar refractivity (Wildman–Crippen MR) is 121 cm³/mol. The van der Waals surface area contributed by atoms with E-state index in [1.165, 1.54) is 0 Å². The van der Waals surface area contributed by atoms with Crippen molar-refractivity contribution in [1.29, 1.82) is 0 Å². The quantitative estimate of drug-likeness (QED) is 0.632. The van der Waals surface area contributed by atoms with Gasteiger partial charge in [0.1, 0.15) is 11.3 Å². The number of piperazine rings is 1. The summed E-state index contributed by atoms with van der Waals surface area (Å²) in [5.74, 6) is 1.73. The summed E-state index contributed by atoms with van der Waals surface area (Å²) in [6.07, 6.45) is 5.41. The average molecular weight is 421 g/mol. The molecule has 9 nitrogen and oxygen atoms in total. The van der Waals surface area contributed by atoms with Gasteiger partial charge in [-0.25, -0.2) is 15.0 Å². The molecule has 162 valence electrons. The maximum absolute atomic E-state index is 5.80. The molecule has 2 N–H and O–H groups in total. The highest BCUT2D eigenvalue weighted by molar-refractivity contribution is 5.88. The summed E-state index contributed by atoms with van der Waals surface area (Å²) in [7, 11) is 2.16. The number of fused-ring (bicyclic) bond motifs is 1. The fraction of sp³-hybridized carbons (Fsp3) is 0.455. The summed E-state index contributed by atoms with van der Waals surface area (Å²) in [6.45, 7) is 7.23. The van der Waals surface area contributed by atoms with Crippen molar-refractivity contribution in [1.82, 2.24) is 30.2 Å². The summed E-state index contributed by atoms with van der Waals surface area (Å²) in [4.78, 5) is 23.2. The zero-order chi connectivity index (χ0) is 21.0. The third kappa shape index (κ3) is 4.58. The molecule has 1 atom stereocenters. The largest absolute Gasteiger partial charge is 0.374 e. The molecule has 2 aliphatic rings. The molecule has 0 radical (unpaired) electrons. The molecule has 0 aromatic carbocycles. The number of anilines is 2. The van der Waals surface area contributed by atoms with E-state index in [-0.39, 0.29) is 6.10 Å². The number of rotatable bonds is 5. The summed E-state index contributed by atoms with van der Waals surface area (Å²) >= 11 is 0. The van der Waals surface area contributed by atoms with E-state index in [9.17, 15) is 0 Å². The van der Waals surface area contributed by atoms with Crippen molar-refractivity contribution in [3.05, 3.63) is 36.8 Å². The van der Waals surface area contributed by atoms with Crippen molar-refractivity contribution < 1.29 is 4.74 Å². The fourth-order valence-corrected chi connectivity index (χ4v) is 3.96. The van der Waals surface area contributed by atoms with Gasteiger partial charge < -0.3 is 25.2 Å². The van der Waals surface area contributed by atoms with Gasteiger partial charge in [-0.05, 0) is 25.2 Å². The second kappa shape index (κ2) is 9.09. The van der Waals surface area contributed by atoms with E-state index in [1.807, 2.05) is 12.3 Å². The van der Waals surface area contributed by atoms with E-state index < -0.39 is 0 Å². The topological polar surface area (TPSA) is 91.3 Å². The van der Waals surface area contributed by atoms with Crippen LogP contribution in [0.1, 0.15) is 0 Å². The second-order valence-corrected chi connectivity index (χ2v) is 8.05. The lowest BCUT2D eigenvalue weighted by atomic mass is 10.1. The Bertz CT molecular complexity index is 1010. The van der Waals surface area contributed by atoms with Gasteiger partial charge in [0.25, 0.3) is 0 Å². The van der Waals surface area contributed by atoms with E-state index in [0.717, 1.165) is 79.8 Å². The number of pyridine rings is 2. The molecule has 0 spiro atoms. The van der Waals surface area contributed by atoms with Crippen molar-refractivity contribution in [3.8, 4) is 11.3 Å². The van der Waals surface area contributed by atoms with Crippen LogP contribution in [0.2, 0.25) is 0 Å². The van der Waals surface area contributed by atoms with Crippen LogP contribution in [0.25, 0.3) is 22.3 Å². The van der Waals surface area contributed by atoms with Crippen LogP contribution in [0.4, 0.5) is 11.6 Å². The number of ether oxygens (including phenoxy) is 1. The number of hydrogen-bond donors (Lipinski definition) is 2. The number of morpholine rings is 1. The molecule has 5 heterocycles. The first-order chi connectivity index (χ1) is 15.3. The number of nitrogens with zero attached hydrogens (tertiary/aromatic N) is 6. The lowest BCUT2D eigenvalue weighted by Crippen LogP contribution is -2.44. The molecule has 3 aromatic rings.